The van der Waals surface area contributed by atoms with Crippen LogP contribution < -0.4 is 4.90 Å². The van der Waals surface area contributed by atoms with Crippen LogP contribution in [0, 0.1) is 28.4 Å². The Balaban J connectivity index is 2.17. The molecule has 0 radical (unpaired) electrons. The van der Waals surface area contributed by atoms with Crippen molar-refractivity contribution in [2.75, 3.05) is 24.5 Å². The summed E-state index contributed by atoms with van der Waals surface area (Å²) in [5.74, 6) is -1.31. The Kier molecular flexibility index (Phi) is 5.38. The summed E-state index contributed by atoms with van der Waals surface area (Å²) < 4.78 is 28.4. The van der Waals surface area contributed by atoms with Gasteiger partial charge in [0.05, 0.1) is 22.5 Å². The van der Waals surface area contributed by atoms with Gasteiger partial charge in [-0.2, -0.15) is 5.26 Å². The molecule has 1 fully saturated rings. The highest BCUT2D eigenvalue weighted by Crippen LogP contribution is 2.43. The molecule has 10 heteroatoms. The Morgan fingerprint density at radius 2 is 2.07 bits per heavy atom. The van der Waals surface area contributed by atoms with Crippen molar-refractivity contribution in [1.82, 2.24) is 14.9 Å². The molecule has 2 aromatic rings. The molecule has 0 spiro atoms. The zero-order valence-electron chi connectivity index (χ0n) is 16.2. The van der Waals surface area contributed by atoms with Gasteiger partial charge in [-0.15, -0.1) is 0 Å². The van der Waals surface area contributed by atoms with Gasteiger partial charge in [0.2, 0.25) is 0 Å². The van der Waals surface area contributed by atoms with Crippen molar-refractivity contribution >= 4 is 38.7 Å². The fraction of sp³-hybridized carbons (Fsp3) is 0.474. The maximum atomic E-state index is 14.5. The van der Waals surface area contributed by atoms with Crippen LogP contribution in [0.4, 0.5) is 19.4 Å². The summed E-state index contributed by atoms with van der Waals surface area (Å²) >= 11 is 2.88. The third-order valence-corrected chi connectivity index (χ3v) is 6.33. The number of hydrogen-bond donors (Lipinski definition) is 1. The van der Waals surface area contributed by atoms with Crippen LogP contribution in [0.3, 0.4) is 0 Å². The summed E-state index contributed by atoms with van der Waals surface area (Å²) in [5, 5.41) is 19.4. The summed E-state index contributed by atoms with van der Waals surface area (Å²) in [4.78, 5) is 23.2. The molecular weight excluding hydrogens is 448 g/mol. The van der Waals surface area contributed by atoms with E-state index in [1.807, 2.05) is 20.8 Å². The molecule has 0 bridgehead atoms. The lowest BCUT2D eigenvalue weighted by molar-refractivity contribution is -0.00275. The third kappa shape index (κ3) is 3.37. The molecule has 2 heterocycles. The number of fused-ring (bicyclic) bond motifs is 1. The molecule has 29 heavy (non-hydrogen) atoms. The van der Waals surface area contributed by atoms with Crippen molar-refractivity contribution in [2.45, 2.75) is 32.7 Å². The zero-order valence-corrected chi connectivity index (χ0v) is 17.8. The molecule has 1 amide bonds. The van der Waals surface area contributed by atoms with Crippen LogP contribution in [-0.2, 0) is 0 Å². The van der Waals surface area contributed by atoms with Crippen molar-refractivity contribution in [3.05, 3.63) is 28.5 Å². The van der Waals surface area contributed by atoms with Crippen molar-refractivity contribution in [1.29, 1.82) is 5.26 Å². The lowest BCUT2D eigenvalue weighted by Gasteiger charge is -2.55. The molecule has 1 unspecified atom stereocenters. The van der Waals surface area contributed by atoms with Crippen molar-refractivity contribution in [3.8, 4) is 6.07 Å². The van der Waals surface area contributed by atoms with E-state index >= 15 is 0 Å². The number of nitrogens with zero attached hydrogens (tertiary/aromatic N) is 5. The van der Waals surface area contributed by atoms with Crippen LogP contribution in [0.2, 0.25) is 0 Å². The number of amides is 1. The highest BCUT2D eigenvalue weighted by atomic mass is 79.9. The maximum absolute atomic E-state index is 14.5. The van der Waals surface area contributed by atoms with Gasteiger partial charge in [-0.1, -0.05) is 20.8 Å². The van der Waals surface area contributed by atoms with Crippen LogP contribution in [0.1, 0.15) is 27.2 Å². The zero-order chi connectivity index (χ0) is 21.6. The average molecular weight is 468 g/mol. The van der Waals surface area contributed by atoms with Gasteiger partial charge in [-0.25, -0.2) is 23.5 Å². The van der Waals surface area contributed by atoms with E-state index in [0.29, 0.717) is 5.82 Å². The number of carboxylic acid groups (broad SMARTS) is 1. The van der Waals surface area contributed by atoms with E-state index in [1.165, 1.54) is 11.2 Å². The highest BCUT2D eigenvalue weighted by Gasteiger charge is 2.52. The van der Waals surface area contributed by atoms with Crippen LogP contribution in [0.25, 0.3) is 10.9 Å². The number of rotatable bonds is 2. The number of nitriles is 1. The van der Waals surface area contributed by atoms with E-state index in [-0.39, 0.29) is 41.4 Å². The fourth-order valence-corrected chi connectivity index (χ4v) is 4.21. The van der Waals surface area contributed by atoms with Gasteiger partial charge < -0.3 is 10.0 Å². The summed E-state index contributed by atoms with van der Waals surface area (Å²) in [6.07, 6.45) is 0.0530. The van der Waals surface area contributed by atoms with E-state index < -0.39 is 28.7 Å². The normalized spacial score (nSPS) is 20.0. The molecule has 0 saturated carbocycles. The molecule has 1 aliphatic rings. The number of anilines is 1. The first-order valence-corrected chi connectivity index (χ1v) is 9.73. The fourth-order valence-electron chi connectivity index (χ4n) is 3.91. The first-order valence-electron chi connectivity index (χ1n) is 8.94. The number of piperazine rings is 1. The van der Waals surface area contributed by atoms with Crippen molar-refractivity contribution in [2.24, 2.45) is 5.41 Å². The molecule has 0 aliphatic carbocycles. The van der Waals surface area contributed by atoms with Gasteiger partial charge in [0.15, 0.2) is 5.82 Å². The number of benzene rings is 1. The molecule has 1 saturated heterocycles. The lowest BCUT2D eigenvalue weighted by Crippen LogP contribution is -2.69. The van der Waals surface area contributed by atoms with Crippen molar-refractivity contribution in [3.63, 3.8) is 0 Å². The minimum Gasteiger partial charge on any atom is -0.465 e. The minimum absolute atomic E-state index is 0.0312. The summed E-state index contributed by atoms with van der Waals surface area (Å²) in [6.45, 7) is 6.17. The molecule has 1 atom stereocenters. The average Bonchev–Trinajstić information content (AvgIpc) is 2.65. The number of carbonyl (C=O) groups is 1. The number of halogens is 3. The predicted molar refractivity (Wildman–Crippen MR) is 107 cm³/mol. The summed E-state index contributed by atoms with van der Waals surface area (Å²) in [5.41, 5.74) is -1.65. The van der Waals surface area contributed by atoms with E-state index in [1.54, 1.807) is 4.90 Å². The molecule has 1 aliphatic heterocycles. The Morgan fingerprint density at radius 1 is 1.38 bits per heavy atom. The molecule has 3 rings (SSSR count). The standard InChI is InChI=1S/C19H20BrF2N5O2/c1-18(2,3)19(4-5-23)9-26(6-7-27(19)17(28)29)16-11-8-12(21)13(20)14(22)15(11)24-10-25-16/h8,10H,4,6-7,9H2,1-3H3,(H,28,29). The number of aromatic nitrogens is 2. The molecular formula is C19H20BrF2N5O2. The Labute approximate surface area is 175 Å². The van der Waals surface area contributed by atoms with Gasteiger partial charge in [0, 0.05) is 25.0 Å². The molecule has 154 valence electrons. The Morgan fingerprint density at radius 3 is 2.66 bits per heavy atom. The summed E-state index contributed by atoms with van der Waals surface area (Å²) in [7, 11) is 0. The minimum atomic E-state index is -1.11. The van der Waals surface area contributed by atoms with E-state index in [4.69, 9.17) is 0 Å². The van der Waals surface area contributed by atoms with Gasteiger partial charge >= 0.3 is 6.09 Å². The largest absolute Gasteiger partial charge is 0.465 e. The van der Waals surface area contributed by atoms with Crippen LogP contribution in [0.15, 0.2) is 16.9 Å². The quantitative estimate of drug-likeness (QED) is 0.666. The second kappa shape index (κ2) is 7.37. The Hall–Kier alpha value is -2.54. The SMILES string of the molecule is CC(C)(C)C1(CC#N)CN(c2ncnc3c(F)c(Br)c(F)cc23)CCN1C(=O)O. The smallest absolute Gasteiger partial charge is 0.407 e. The highest BCUT2D eigenvalue weighted by molar-refractivity contribution is 9.10. The van der Waals surface area contributed by atoms with Gasteiger partial charge in [-0.05, 0) is 27.4 Å². The third-order valence-electron chi connectivity index (χ3n) is 5.60. The Bertz CT molecular complexity index is 1020. The van der Waals surface area contributed by atoms with Crippen LogP contribution in [0.5, 0.6) is 0 Å². The van der Waals surface area contributed by atoms with Gasteiger partial charge in [-0.3, -0.25) is 4.90 Å². The molecule has 1 aromatic carbocycles. The predicted octanol–water partition coefficient (Wildman–Crippen LogP) is 4.17. The topological polar surface area (TPSA) is 93.4 Å². The second-order valence-corrected chi connectivity index (χ2v) is 8.85. The van der Waals surface area contributed by atoms with E-state index in [0.717, 1.165) is 6.07 Å². The van der Waals surface area contributed by atoms with Gasteiger partial charge in [0.1, 0.15) is 23.5 Å². The molecule has 1 aromatic heterocycles. The monoisotopic (exact) mass is 467 g/mol. The molecule has 7 nitrogen and oxygen atoms in total. The summed E-state index contributed by atoms with van der Waals surface area (Å²) in [6, 6.07) is 3.27. The van der Waals surface area contributed by atoms with Crippen LogP contribution in [-0.4, -0.2) is 51.2 Å². The maximum Gasteiger partial charge on any atom is 0.407 e. The lowest BCUT2D eigenvalue weighted by atomic mass is 9.69. The first-order chi connectivity index (χ1) is 13.5. The molecule has 1 N–H and O–H groups in total. The van der Waals surface area contributed by atoms with Crippen molar-refractivity contribution < 1.29 is 18.7 Å². The van der Waals surface area contributed by atoms with E-state index in [9.17, 15) is 23.9 Å². The first kappa shape index (κ1) is 21.2. The second-order valence-electron chi connectivity index (χ2n) is 8.05. The van der Waals surface area contributed by atoms with Gasteiger partial charge in [0.25, 0.3) is 0 Å². The van der Waals surface area contributed by atoms with E-state index in [2.05, 4.69) is 32.0 Å². The number of hydrogen-bond acceptors (Lipinski definition) is 5. The van der Waals surface area contributed by atoms with Crippen LogP contribution >= 0.6 is 15.9 Å².